The second-order valence-corrected chi connectivity index (χ2v) is 9.65. The largest absolute Gasteiger partial charge is 0.497 e. The summed E-state index contributed by atoms with van der Waals surface area (Å²) < 4.78 is 10.4. The summed E-state index contributed by atoms with van der Waals surface area (Å²) in [6.07, 6.45) is 0.707. The van der Waals surface area contributed by atoms with Crippen LogP contribution in [0.25, 0.3) is 0 Å². The molecule has 1 heterocycles. The van der Waals surface area contributed by atoms with E-state index >= 15 is 0 Å². The van der Waals surface area contributed by atoms with Gasteiger partial charge in [-0.25, -0.2) is 4.99 Å². The number of rotatable bonds is 8. The topological polar surface area (TPSA) is 80.2 Å². The molecule has 0 aliphatic carbocycles. The number of nitrogens with one attached hydrogen (secondary N) is 1. The molecule has 0 saturated carbocycles. The van der Waals surface area contributed by atoms with Crippen LogP contribution >= 0.6 is 23.4 Å². The molecule has 0 spiro atoms. The van der Waals surface area contributed by atoms with Crippen LogP contribution in [0, 0.1) is 0 Å². The van der Waals surface area contributed by atoms with Crippen molar-refractivity contribution in [3.63, 3.8) is 0 Å². The summed E-state index contributed by atoms with van der Waals surface area (Å²) in [4.78, 5) is 32.6. The normalized spacial score (nSPS) is 16.6. The summed E-state index contributed by atoms with van der Waals surface area (Å²) in [7, 11) is 3.22. The highest BCUT2D eigenvalue weighted by atomic mass is 35.5. The summed E-state index contributed by atoms with van der Waals surface area (Å²) in [5.41, 5.74) is 2.31. The number of carbonyl (C=O) groups is 2. The van der Waals surface area contributed by atoms with E-state index in [4.69, 9.17) is 26.1 Å². The number of benzene rings is 3. The number of halogens is 1. The Morgan fingerprint density at radius 1 is 1.06 bits per heavy atom. The Balaban J connectivity index is 1.54. The van der Waals surface area contributed by atoms with Gasteiger partial charge in [0.25, 0.3) is 0 Å². The van der Waals surface area contributed by atoms with Gasteiger partial charge in [-0.05, 0) is 66.6 Å². The van der Waals surface area contributed by atoms with E-state index in [1.165, 1.54) is 11.8 Å². The minimum Gasteiger partial charge on any atom is -0.497 e. The number of hydrogen-bond acceptors (Lipinski definition) is 6. The van der Waals surface area contributed by atoms with Crippen molar-refractivity contribution in [3.05, 3.63) is 83.4 Å². The molecular formula is C27H26ClN3O4S. The van der Waals surface area contributed by atoms with Crippen molar-refractivity contribution in [2.75, 3.05) is 26.1 Å². The number of ether oxygens (including phenoxy) is 2. The number of hydrogen-bond donors (Lipinski definition) is 1. The van der Waals surface area contributed by atoms with Crippen molar-refractivity contribution in [3.8, 4) is 11.5 Å². The quantitative estimate of drug-likeness (QED) is 0.418. The second-order valence-electron chi connectivity index (χ2n) is 8.05. The number of amidine groups is 1. The lowest BCUT2D eigenvalue weighted by molar-refractivity contribution is -0.129. The van der Waals surface area contributed by atoms with Gasteiger partial charge in [0, 0.05) is 23.7 Å². The fourth-order valence-electron chi connectivity index (χ4n) is 3.65. The molecule has 7 nitrogen and oxygen atoms in total. The van der Waals surface area contributed by atoms with Gasteiger partial charge in [-0.1, -0.05) is 41.6 Å². The molecule has 9 heteroatoms. The number of amides is 2. The first kappa shape index (κ1) is 25.6. The predicted octanol–water partition coefficient (Wildman–Crippen LogP) is 5.56. The standard InChI is InChI=1S/C27H26ClN3O4S/c1-34-22-10-6-18(7-11-22)14-15-31-25(32)17-24(26(33)29-21-5-3-4-19(28)16-21)36-27(31)30-20-8-12-23(35-2)13-9-20/h3-13,16,24H,14-15,17H2,1-2H3,(H,29,33)/t24-/m0/s1. The maximum absolute atomic E-state index is 13.2. The fraction of sp³-hybridized carbons (Fsp3) is 0.222. The zero-order chi connectivity index (χ0) is 25.5. The first-order chi connectivity index (χ1) is 17.4. The lowest BCUT2D eigenvalue weighted by Gasteiger charge is -2.32. The molecule has 3 aromatic carbocycles. The minimum atomic E-state index is -0.620. The number of carbonyl (C=O) groups excluding carboxylic acids is 2. The van der Waals surface area contributed by atoms with Gasteiger partial charge >= 0.3 is 0 Å². The van der Waals surface area contributed by atoms with E-state index in [1.807, 2.05) is 36.4 Å². The van der Waals surface area contributed by atoms with E-state index in [2.05, 4.69) is 5.32 Å². The molecule has 1 atom stereocenters. The van der Waals surface area contributed by atoms with Gasteiger partial charge in [-0.15, -0.1) is 0 Å². The molecule has 0 unspecified atom stereocenters. The predicted molar refractivity (Wildman–Crippen MR) is 145 cm³/mol. The Morgan fingerprint density at radius 3 is 2.36 bits per heavy atom. The van der Waals surface area contributed by atoms with Gasteiger partial charge in [-0.3, -0.25) is 14.5 Å². The Bertz CT molecular complexity index is 1250. The highest BCUT2D eigenvalue weighted by Crippen LogP contribution is 2.31. The van der Waals surface area contributed by atoms with Gasteiger partial charge in [0.05, 0.1) is 19.9 Å². The Labute approximate surface area is 219 Å². The van der Waals surface area contributed by atoms with Gasteiger partial charge in [0.15, 0.2) is 5.17 Å². The molecule has 1 saturated heterocycles. The van der Waals surface area contributed by atoms with E-state index in [0.29, 0.717) is 40.3 Å². The third kappa shape index (κ3) is 6.59. The molecule has 2 amide bonds. The van der Waals surface area contributed by atoms with Crippen LogP contribution < -0.4 is 14.8 Å². The van der Waals surface area contributed by atoms with Gasteiger partial charge < -0.3 is 14.8 Å². The smallest absolute Gasteiger partial charge is 0.238 e. The number of thioether (sulfide) groups is 1. The van der Waals surface area contributed by atoms with Crippen molar-refractivity contribution in [1.82, 2.24) is 4.90 Å². The van der Waals surface area contributed by atoms with Crippen molar-refractivity contribution in [2.24, 2.45) is 4.99 Å². The van der Waals surface area contributed by atoms with Gasteiger partial charge in [0.2, 0.25) is 11.8 Å². The third-order valence-electron chi connectivity index (χ3n) is 5.60. The van der Waals surface area contributed by atoms with Crippen molar-refractivity contribution in [1.29, 1.82) is 0 Å². The molecule has 186 valence electrons. The first-order valence-corrected chi connectivity index (χ1v) is 12.6. The van der Waals surface area contributed by atoms with Crippen molar-refractivity contribution >= 4 is 51.7 Å². The Morgan fingerprint density at radius 2 is 1.72 bits per heavy atom. The highest BCUT2D eigenvalue weighted by Gasteiger charge is 2.35. The summed E-state index contributed by atoms with van der Waals surface area (Å²) in [6.45, 7) is 0.440. The molecular weight excluding hydrogens is 498 g/mol. The van der Waals surface area contributed by atoms with Crippen LogP contribution in [0.3, 0.4) is 0 Å². The second kappa shape index (κ2) is 12.0. The monoisotopic (exact) mass is 523 g/mol. The summed E-state index contributed by atoms with van der Waals surface area (Å²) in [5.74, 6) is 1.06. The number of aliphatic imine (C=N–C) groups is 1. The van der Waals surface area contributed by atoms with E-state index in [-0.39, 0.29) is 18.2 Å². The number of anilines is 1. The minimum absolute atomic E-state index is 0.0707. The van der Waals surface area contributed by atoms with Crippen LogP contribution in [-0.2, 0) is 16.0 Å². The summed E-state index contributed by atoms with van der Waals surface area (Å²) in [6, 6.07) is 21.9. The van der Waals surface area contributed by atoms with Gasteiger partial charge in [0.1, 0.15) is 16.7 Å². The van der Waals surface area contributed by atoms with Crippen molar-refractivity contribution in [2.45, 2.75) is 18.1 Å². The van der Waals surface area contributed by atoms with Crippen LogP contribution in [0.2, 0.25) is 5.02 Å². The molecule has 1 fully saturated rings. The van der Waals surface area contributed by atoms with Gasteiger partial charge in [-0.2, -0.15) is 0 Å². The Hall–Kier alpha value is -3.49. The maximum atomic E-state index is 13.2. The van der Waals surface area contributed by atoms with E-state index in [9.17, 15) is 9.59 Å². The number of nitrogens with zero attached hydrogens (tertiary/aromatic N) is 2. The van der Waals surface area contributed by atoms with E-state index in [0.717, 1.165) is 11.3 Å². The van der Waals surface area contributed by atoms with Crippen molar-refractivity contribution < 1.29 is 19.1 Å². The highest BCUT2D eigenvalue weighted by molar-refractivity contribution is 8.15. The zero-order valence-corrected chi connectivity index (χ0v) is 21.5. The Kier molecular flexibility index (Phi) is 8.51. The zero-order valence-electron chi connectivity index (χ0n) is 19.9. The summed E-state index contributed by atoms with van der Waals surface area (Å²) in [5, 5.41) is 3.24. The average molecular weight is 524 g/mol. The van der Waals surface area contributed by atoms with Crippen LogP contribution in [0.4, 0.5) is 11.4 Å². The number of methoxy groups -OCH3 is 2. The van der Waals surface area contributed by atoms with Crippen LogP contribution in [0.5, 0.6) is 11.5 Å². The maximum Gasteiger partial charge on any atom is 0.238 e. The lowest BCUT2D eigenvalue weighted by atomic mass is 10.1. The average Bonchev–Trinajstić information content (AvgIpc) is 2.89. The molecule has 0 aromatic heterocycles. The molecule has 1 aliphatic heterocycles. The third-order valence-corrected chi connectivity index (χ3v) is 7.03. The summed E-state index contributed by atoms with van der Waals surface area (Å²) >= 11 is 7.32. The molecule has 4 rings (SSSR count). The molecule has 0 radical (unpaired) electrons. The first-order valence-electron chi connectivity index (χ1n) is 11.3. The van der Waals surface area contributed by atoms with E-state index < -0.39 is 5.25 Å². The van der Waals surface area contributed by atoms with Crippen LogP contribution in [-0.4, -0.2) is 47.9 Å². The fourth-order valence-corrected chi connectivity index (χ4v) is 4.97. The van der Waals surface area contributed by atoms with Crippen LogP contribution in [0.1, 0.15) is 12.0 Å². The molecule has 1 N–H and O–H groups in total. The lowest BCUT2D eigenvalue weighted by Crippen LogP contribution is -2.46. The molecule has 3 aromatic rings. The molecule has 1 aliphatic rings. The molecule has 0 bridgehead atoms. The SMILES string of the molecule is COc1ccc(CCN2C(=O)C[C@@H](C(=O)Nc3cccc(Cl)c3)SC2=Nc2ccc(OC)cc2)cc1. The van der Waals surface area contributed by atoms with Crippen LogP contribution in [0.15, 0.2) is 77.8 Å². The molecule has 36 heavy (non-hydrogen) atoms. The van der Waals surface area contributed by atoms with E-state index in [1.54, 1.807) is 55.5 Å².